The van der Waals surface area contributed by atoms with Crippen LogP contribution in [0.25, 0.3) is 0 Å². The molecular formula is C19H27ClN4O4. The summed E-state index contributed by atoms with van der Waals surface area (Å²) in [5.74, 6) is 2.27. The summed E-state index contributed by atoms with van der Waals surface area (Å²) in [7, 11) is 4.72. The van der Waals surface area contributed by atoms with Gasteiger partial charge in [-0.2, -0.15) is 5.10 Å². The number of nitrogens with zero attached hydrogens (tertiary/aromatic N) is 2. The molecule has 154 valence electrons. The third-order valence-electron chi connectivity index (χ3n) is 4.92. The lowest BCUT2D eigenvalue weighted by Gasteiger charge is -2.17. The van der Waals surface area contributed by atoms with E-state index >= 15 is 0 Å². The van der Waals surface area contributed by atoms with Gasteiger partial charge in [0.15, 0.2) is 11.5 Å². The van der Waals surface area contributed by atoms with Gasteiger partial charge in [0, 0.05) is 23.6 Å². The highest BCUT2D eigenvalue weighted by molar-refractivity contribution is 5.92. The number of anilines is 1. The zero-order valence-corrected chi connectivity index (χ0v) is 17.1. The lowest BCUT2D eigenvalue weighted by molar-refractivity contribution is -0.119. The van der Waals surface area contributed by atoms with Gasteiger partial charge in [-0.3, -0.25) is 4.79 Å². The lowest BCUT2D eigenvalue weighted by atomic mass is 10.1. The first-order valence-electron chi connectivity index (χ1n) is 8.93. The van der Waals surface area contributed by atoms with Crippen molar-refractivity contribution in [1.82, 2.24) is 9.78 Å². The normalized spacial score (nSPS) is 18.3. The molecule has 1 aromatic heterocycles. The summed E-state index contributed by atoms with van der Waals surface area (Å²) >= 11 is 0. The number of nitrogens with two attached hydrogens (primary N) is 1. The number of aromatic nitrogens is 2. The van der Waals surface area contributed by atoms with Gasteiger partial charge in [-0.15, -0.1) is 12.4 Å². The van der Waals surface area contributed by atoms with Crippen LogP contribution in [0.5, 0.6) is 17.2 Å². The summed E-state index contributed by atoms with van der Waals surface area (Å²) < 4.78 is 18.0. The number of hydrogen-bond donors (Lipinski definition) is 2. The molecule has 1 aromatic carbocycles. The molecule has 0 radical (unpaired) electrons. The average Bonchev–Trinajstić information content (AvgIpc) is 3.30. The summed E-state index contributed by atoms with van der Waals surface area (Å²) in [6, 6.07) is 5.60. The Hall–Kier alpha value is -2.45. The number of rotatable bonds is 7. The molecule has 1 aliphatic carbocycles. The van der Waals surface area contributed by atoms with Gasteiger partial charge in [-0.25, -0.2) is 4.68 Å². The minimum atomic E-state index is -0.0426. The molecule has 1 aliphatic rings. The molecule has 2 aromatic rings. The predicted molar refractivity (Wildman–Crippen MR) is 109 cm³/mol. The molecule has 1 saturated carbocycles. The van der Waals surface area contributed by atoms with Crippen LogP contribution in [0.3, 0.4) is 0 Å². The number of carbonyl (C=O) groups is 1. The molecule has 1 heterocycles. The third-order valence-corrected chi connectivity index (χ3v) is 4.92. The maximum absolute atomic E-state index is 12.5. The zero-order valence-electron chi connectivity index (χ0n) is 16.3. The van der Waals surface area contributed by atoms with Gasteiger partial charge in [0.05, 0.1) is 34.1 Å². The van der Waals surface area contributed by atoms with Crippen molar-refractivity contribution in [2.24, 2.45) is 11.7 Å². The number of carbonyl (C=O) groups excluding carboxylic acids is 1. The van der Waals surface area contributed by atoms with Crippen LogP contribution in [0.4, 0.5) is 5.82 Å². The standard InChI is InChI=1S/C19H26N4O4.ClH/c1-25-15-7-5-13(17(26-2)18(15)27-3)11-23-16(8-9-21-23)22-19(24)12-4-6-14(20)10-12;/h5,7-9,12,14H,4,6,10-11,20H2,1-3H3,(H,22,24);1H. The fourth-order valence-electron chi connectivity index (χ4n) is 3.50. The van der Waals surface area contributed by atoms with E-state index in [2.05, 4.69) is 10.4 Å². The second kappa shape index (κ2) is 9.66. The highest BCUT2D eigenvalue weighted by Crippen LogP contribution is 2.40. The molecule has 3 N–H and O–H groups in total. The van der Waals surface area contributed by atoms with Crippen molar-refractivity contribution in [1.29, 1.82) is 0 Å². The van der Waals surface area contributed by atoms with E-state index in [1.54, 1.807) is 38.3 Å². The maximum Gasteiger partial charge on any atom is 0.228 e. The molecule has 3 rings (SSSR count). The number of methoxy groups -OCH3 is 3. The van der Waals surface area contributed by atoms with Crippen LogP contribution < -0.4 is 25.3 Å². The molecule has 0 bridgehead atoms. The van der Waals surface area contributed by atoms with E-state index in [1.807, 2.05) is 12.1 Å². The Labute approximate surface area is 170 Å². The van der Waals surface area contributed by atoms with Gasteiger partial charge >= 0.3 is 0 Å². The quantitative estimate of drug-likeness (QED) is 0.727. The van der Waals surface area contributed by atoms with E-state index in [4.69, 9.17) is 19.9 Å². The van der Waals surface area contributed by atoms with Crippen LogP contribution in [0, 0.1) is 5.92 Å². The SMILES string of the molecule is COc1ccc(Cn2nccc2NC(=O)C2CCC(N)C2)c(OC)c1OC.Cl. The van der Waals surface area contributed by atoms with Crippen molar-refractivity contribution in [3.05, 3.63) is 30.0 Å². The van der Waals surface area contributed by atoms with E-state index in [0.29, 0.717) is 29.6 Å². The van der Waals surface area contributed by atoms with Crippen LogP contribution in [0.1, 0.15) is 24.8 Å². The first kappa shape index (κ1) is 21.8. The van der Waals surface area contributed by atoms with Gasteiger partial charge < -0.3 is 25.3 Å². The van der Waals surface area contributed by atoms with Crippen LogP contribution in [-0.4, -0.2) is 43.1 Å². The number of amides is 1. The minimum Gasteiger partial charge on any atom is -0.493 e. The maximum atomic E-state index is 12.5. The Kier molecular flexibility index (Phi) is 7.53. The highest BCUT2D eigenvalue weighted by atomic mass is 35.5. The Morgan fingerprint density at radius 1 is 1.18 bits per heavy atom. The van der Waals surface area contributed by atoms with Crippen molar-refractivity contribution < 1.29 is 19.0 Å². The molecule has 2 atom stereocenters. The van der Waals surface area contributed by atoms with Crippen LogP contribution in [-0.2, 0) is 11.3 Å². The fraction of sp³-hybridized carbons (Fsp3) is 0.474. The molecule has 8 nitrogen and oxygen atoms in total. The molecule has 0 saturated heterocycles. The van der Waals surface area contributed by atoms with E-state index in [0.717, 1.165) is 24.8 Å². The average molecular weight is 411 g/mol. The molecule has 0 aliphatic heterocycles. The predicted octanol–water partition coefficient (Wildman–Crippen LogP) is 2.44. The molecular weight excluding hydrogens is 384 g/mol. The first-order valence-corrected chi connectivity index (χ1v) is 8.93. The Balaban J connectivity index is 0.00000280. The number of nitrogens with one attached hydrogen (secondary N) is 1. The van der Waals surface area contributed by atoms with Crippen molar-refractivity contribution >= 4 is 24.1 Å². The van der Waals surface area contributed by atoms with Gasteiger partial charge in [-0.1, -0.05) is 0 Å². The van der Waals surface area contributed by atoms with Crippen molar-refractivity contribution in [3.8, 4) is 17.2 Å². The summed E-state index contributed by atoms with van der Waals surface area (Å²) in [6.45, 7) is 0.413. The molecule has 28 heavy (non-hydrogen) atoms. The fourth-order valence-corrected chi connectivity index (χ4v) is 3.50. The summed E-state index contributed by atoms with van der Waals surface area (Å²) in [5, 5.41) is 7.30. The van der Waals surface area contributed by atoms with E-state index in [-0.39, 0.29) is 30.3 Å². The van der Waals surface area contributed by atoms with Crippen molar-refractivity contribution in [2.45, 2.75) is 31.8 Å². The van der Waals surface area contributed by atoms with Gasteiger partial charge in [-0.05, 0) is 31.4 Å². The zero-order chi connectivity index (χ0) is 19.4. The van der Waals surface area contributed by atoms with E-state index in [9.17, 15) is 4.79 Å². The lowest BCUT2D eigenvalue weighted by Crippen LogP contribution is -2.24. The molecule has 0 spiro atoms. The van der Waals surface area contributed by atoms with Gasteiger partial charge in [0.25, 0.3) is 0 Å². The highest BCUT2D eigenvalue weighted by Gasteiger charge is 2.28. The molecule has 9 heteroatoms. The summed E-state index contributed by atoms with van der Waals surface area (Å²) in [4.78, 5) is 12.5. The molecule has 2 unspecified atom stereocenters. The van der Waals surface area contributed by atoms with Gasteiger partial charge in [0.1, 0.15) is 5.82 Å². The van der Waals surface area contributed by atoms with E-state index < -0.39 is 0 Å². The third kappa shape index (κ3) is 4.51. The Morgan fingerprint density at radius 2 is 1.93 bits per heavy atom. The second-order valence-electron chi connectivity index (χ2n) is 6.63. The summed E-state index contributed by atoms with van der Waals surface area (Å²) in [5.41, 5.74) is 6.78. The van der Waals surface area contributed by atoms with Crippen LogP contribution in [0.2, 0.25) is 0 Å². The minimum absolute atomic E-state index is 0. The largest absolute Gasteiger partial charge is 0.493 e. The van der Waals surface area contributed by atoms with E-state index in [1.165, 1.54) is 0 Å². The number of benzene rings is 1. The molecule has 1 fully saturated rings. The second-order valence-corrected chi connectivity index (χ2v) is 6.63. The number of hydrogen-bond acceptors (Lipinski definition) is 6. The molecule has 1 amide bonds. The Bertz CT molecular complexity index is 811. The monoisotopic (exact) mass is 410 g/mol. The van der Waals surface area contributed by atoms with Crippen molar-refractivity contribution in [3.63, 3.8) is 0 Å². The summed E-state index contributed by atoms with van der Waals surface area (Å²) in [6.07, 6.45) is 4.09. The first-order chi connectivity index (χ1) is 13.1. The van der Waals surface area contributed by atoms with Crippen molar-refractivity contribution in [2.75, 3.05) is 26.6 Å². The van der Waals surface area contributed by atoms with Crippen LogP contribution in [0.15, 0.2) is 24.4 Å². The smallest absolute Gasteiger partial charge is 0.228 e. The topological polar surface area (TPSA) is 101 Å². The Morgan fingerprint density at radius 3 is 2.54 bits per heavy atom. The number of ether oxygens (including phenoxy) is 3. The van der Waals surface area contributed by atoms with Gasteiger partial charge in [0.2, 0.25) is 11.7 Å². The van der Waals surface area contributed by atoms with Crippen LogP contribution >= 0.6 is 12.4 Å². The number of halogens is 1.